The first kappa shape index (κ1) is 35.6. The van der Waals surface area contributed by atoms with Crippen LogP contribution in [0.1, 0.15) is 135 Å². The van der Waals surface area contributed by atoms with E-state index in [4.69, 9.17) is 0 Å². The summed E-state index contributed by atoms with van der Waals surface area (Å²) in [6.07, 6.45) is 16.1. The molecule has 1 heteroatoms. The number of allylic oxidation sites excluding steroid dienone is 10. The Balaban J connectivity index is 6.83. The Hall–Kier alpha value is -1.37. The van der Waals surface area contributed by atoms with Gasteiger partial charge in [0, 0.05) is 0 Å². The molecule has 0 radical (unpaired) electrons. The first-order valence-electron chi connectivity index (χ1n) is 15.1. The van der Waals surface area contributed by atoms with Gasteiger partial charge in [-0.25, -0.2) is 4.39 Å². The summed E-state index contributed by atoms with van der Waals surface area (Å²) in [5, 5.41) is 0. The summed E-state index contributed by atoms with van der Waals surface area (Å²) in [5.41, 5.74) is 7.82. The van der Waals surface area contributed by atoms with Gasteiger partial charge in [-0.3, -0.25) is 0 Å². The number of unbranched alkanes of at least 4 members (excludes halogenated alkanes) is 1. The van der Waals surface area contributed by atoms with Crippen molar-refractivity contribution in [2.45, 2.75) is 135 Å². The van der Waals surface area contributed by atoms with Crippen molar-refractivity contribution in [2.24, 2.45) is 28.6 Å². The highest BCUT2D eigenvalue weighted by atomic mass is 19.1. The van der Waals surface area contributed by atoms with Crippen molar-refractivity contribution >= 4 is 0 Å². The van der Waals surface area contributed by atoms with E-state index in [2.05, 4.69) is 121 Å². The lowest BCUT2D eigenvalue weighted by molar-refractivity contribution is 0.261. The monoisotopic (exact) mass is 514 g/mol. The summed E-state index contributed by atoms with van der Waals surface area (Å²) in [5.74, 6) is 1.54. The number of hydrogen-bond acceptors (Lipinski definition) is 0. The van der Waals surface area contributed by atoms with Crippen LogP contribution < -0.4 is 0 Å². The van der Waals surface area contributed by atoms with Gasteiger partial charge in [0.25, 0.3) is 0 Å². The molecule has 0 heterocycles. The van der Waals surface area contributed by atoms with Crippen LogP contribution in [0.3, 0.4) is 0 Å². The molecule has 0 aliphatic heterocycles. The van der Waals surface area contributed by atoms with Gasteiger partial charge >= 0.3 is 0 Å². The molecule has 0 aromatic rings. The Bertz CT molecular complexity index is 834. The van der Waals surface area contributed by atoms with Gasteiger partial charge in [0.15, 0.2) is 0 Å². The molecule has 0 rings (SSSR count). The maximum Gasteiger partial charge on any atom is 0.114 e. The average molecular weight is 515 g/mol. The van der Waals surface area contributed by atoms with Crippen molar-refractivity contribution in [1.29, 1.82) is 0 Å². The van der Waals surface area contributed by atoms with E-state index in [1.54, 1.807) is 5.57 Å². The lowest BCUT2D eigenvalue weighted by Gasteiger charge is -2.38. The van der Waals surface area contributed by atoms with Crippen LogP contribution in [-0.2, 0) is 0 Å². The second-order valence-electron chi connectivity index (χ2n) is 13.5. The van der Waals surface area contributed by atoms with Gasteiger partial charge < -0.3 is 0 Å². The molecule has 0 aromatic carbocycles. The second-order valence-corrected chi connectivity index (χ2v) is 13.5. The Kier molecular flexibility index (Phi) is 15.9. The van der Waals surface area contributed by atoms with Crippen LogP contribution >= 0.6 is 0 Å². The highest BCUT2D eigenvalue weighted by molar-refractivity contribution is 5.49. The second kappa shape index (κ2) is 16.6. The van der Waals surface area contributed by atoms with Crippen molar-refractivity contribution < 1.29 is 4.39 Å². The molecule has 0 fully saturated rings. The topological polar surface area (TPSA) is 0 Å². The minimum atomic E-state index is -0.430. The molecule has 2 unspecified atom stereocenters. The first-order chi connectivity index (χ1) is 17.0. The maximum absolute atomic E-state index is 14.0. The molecule has 0 aromatic heterocycles. The molecule has 37 heavy (non-hydrogen) atoms. The van der Waals surface area contributed by atoms with E-state index in [1.807, 2.05) is 0 Å². The molecule has 0 aliphatic carbocycles. The largest absolute Gasteiger partial charge is 0.246 e. The fourth-order valence-electron chi connectivity index (χ4n) is 5.26. The number of alkyl halides is 1. The lowest BCUT2D eigenvalue weighted by Crippen LogP contribution is -2.27. The molecular weight excluding hydrogens is 451 g/mol. The van der Waals surface area contributed by atoms with Crippen molar-refractivity contribution in [3.05, 3.63) is 57.7 Å². The number of rotatable bonds is 15. The summed E-state index contributed by atoms with van der Waals surface area (Å²) in [7, 11) is 0. The fourth-order valence-corrected chi connectivity index (χ4v) is 5.26. The van der Waals surface area contributed by atoms with Gasteiger partial charge in [0.1, 0.15) is 6.67 Å². The summed E-state index contributed by atoms with van der Waals surface area (Å²) in [6, 6.07) is 0. The summed E-state index contributed by atoms with van der Waals surface area (Å²) in [6.45, 7) is 31.5. The standard InChI is InChI=1S/C36H63F/c1-15-17-20-33(29(8)22-32(25-37)24-35(11,12)13)34(27(5)6)23-30(9)36(14,21-18-19-26(3)4)31(10)28(7)16-2/h20,22-24,26-27,30H,15-19,21,25H2,1-14H3/b29-22-,31-28-,32-24+,33-20-,34-23-. The van der Waals surface area contributed by atoms with Crippen LogP contribution in [0.2, 0.25) is 0 Å². The van der Waals surface area contributed by atoms with E-state index in [0.717, 1.165) is 30.8 Å². The zero-order chi connectivity index (χ0) is 29.0. The van der Waals surface area contributed by atoms with Gasteiger partial charge in [-0.05, 0) is 90.9 Å². The third-order valence-corrected chi connectivity index (χ3v) is 8.11. The first-order valence-corrected chi connectivity index (χ1v) is 15.1. The minimum Gasteiger partial charge on any atom is -0.246 e. The van der Waals surface area contributed by atoms with Crippen LogP contribution in [-0.4, -0.2) is 6.67 Å². The molecule has 0 amide bonds. The molecule has 2 atom stereocenters. The Morgan fingerprint density at radius 3 is 1.95 bits per heavy atom. The third kappa shape index (κ3) is 12.4. The third-order valence-electron chi connectivity index (χ3n) is 8.11. The molecular formula is C36H63F. The molecule has 0 saturated heterocycles. The average Bonchev–Trinajstić information content (AvgIpc) is 2.80. The van der Waals surface area contributed by atoms with Crippen molar-refractivity contribution in [2.75, 3.05) is 6.67 Å². The van der Waals surface area contributed by atoms with Gasteiger partial charge in [0.05, 0.1) is 0 Å². The van der Waals surface area contributed by atoms with E-state index in [1.165, 1.54) is 41.6 Å². The molecule has 0 saturated carbocycles. The van der Waals surface area contributed by atoms with Crippen molar-refractivity contribution in [3.8, 4) is 0 Å². The summed E-state index contributed by atoms with van der Waals surface area (Å²) in [4.78, 5) is 0. The van der Waals surface area contributed by atoms with E-state index in [9.17, 15) is 4.39 Å². The van der Waals surface area contributed by atoms with E-state index in [0.29, 0.717) is 11.8 Å². The van der Waals surface area contributed by atoms with Crippen LogP contribution in [0, 0.1) is 28.6 Å². The van der Waals surface area contributed by atoms with Gasteiger partial charge in [-0.1, -0.05) is 131 Å². The smallest absolute Gasteiger partial charge is 0.114 e. The van der Waals surface area contributed by atoms with Gasteiger partial charge in [-0.15, -0.1) is 0 Å². The molecule has 214 valence electrons. The summed E-state index contributed by atoms with van der Waals surface area (Å²) >= 11 is 0. The van der Waals surface area contributed by atoms with Crippen LogP contribution in [0.25, 0.3) is 0 Å². The normalized spacial score (nSPS) is 17.9. The molecule has 0 aliphatic rings. The predicted molar refractivity (Wildman–Crippen MR) is 168 cm³/mol. The van der Waals surface area contributed by atoms with Crippen molar-refractivity contribution in [3.63, 3.8) is 0 Å². The fraction of sp³-hybridized carbons (Fsp3) is 0.722. The van der Waals surface area contributed by atoms with E-state index >= 15 is 0 Å². The lowest BCUT2D eigenvalue weighted by atomic mass is 9.66. The Labute approximate surface area is 232 Å². The van der Waals surface area contributed by atoms with Gasteiger partial charge in [0.2, 0.25) is 0 Å². The quantitative estimate of drug-likeness (QED) is 0.150. The maximum atomic E-state index is 14.0. The van der Waals surface area contributed by atoms with Crippen LogP contribution in [0.5, 0.6) is 0 Å². The highest BCUT2D eigenvalue weighted by Gasteiger charge is 2.33. The van der Waals surface area contributed by atoms with Crippen LogP contribution in [0.4, 0.5) is 4.39 Å². The number of hydrogen-bond donors (Lipinski definition) is 0. The molecule has 0 N–H and O–H groups in total. The predicted octanol–water partition coefficient (Wildman–Crippen LogP) is 12.4. The van der Waals surface area contributed by atoms with E-state index < -0.39 is 6.67 Å². The van der Waals surface area contributed by atoms with Crippen molar-refractivity contribution in [1.82, 2.24) is 0 Å². The van der Waals surface area contributed by atoms with Gasteiger partial charge in [-0.2, -0.15) is 0 Å². The number of halogens is 1. The molecule has 0 nitrogen and oxygen atoms in total. The summed E-state index contributed by atoms with van der Waals surface area (Å²) < 4.78 is 14.0. The highest BCUT2D eigenvalue weighted by Crippen LogP contribution is 2.44. The van der Waals surface area contributed by atoms with Crippen LogP contribution in [0.15, 0.2) is 57.7 Å². The van der Waals surface area contributed by atoms with E-state index in [-0.39, 0.29) is 10.8 Å². The zero-order valence-corrected chi connectivity index (χ0v) is 27.4. The molecule has 0 bridgehead atoms. The minimum absolute atomic E-state index is 0.0461. The Morgan fingerprint density at radius 2 is 1.51 bits per heavy atom. The SMILES string of the molecule is CCC/C=C(C(/C)=C\C(=C/C(C)(C)C)CF)\C(=C/C(C)C(C)(CCCC(C)C)/C(C)=C(/C)CC)C(C)C. The molecule has 0 spiro atoms. The Morgan fingerprint density at radius 1 is 0.919 bits per heavy atom. The zero-order valence-electron chi connectivity index (χ0n) is 27.4.